The van der Waals surface area contributed by atoms with Gasteiger partial charge in [0.25, 0.3) is 5.56 Å². The summed E-state index contributed by atoms with van der Waals surface area (Å²) in [4.78, 5) is 27.1. The van der Waals surface area contributed by atoms with E-state index in [-0.39, 0.29) is 23.1 Å². The summed E-state index contributed by atoms with van der Waals surface area (Å²) in [7, 11) is 0. The quantitative estimate of drug-likeness (QED) is 0.318. The highest BCUT2D eigenvalue weighted by Gasteiger charge is 2.25. The van der Waals surface area contributed by atoms with Gasteiger partial charge in [0.15, 0.2) is 5.78 Å². The van der Waals surface area contributed by atoms with Crippen LogP contribution in [0.15, 0.2) is 59.4 Å². The molecule has 1 aliphatic heterocycles. The van der Waals surface area contributed by atoms with E-state index in [1.165, 1.54) is 22.9 Å². The largest absolute Gasteiger partial charge is 0.477 e. The molecule has 0 radical (unpaired) electrons. The zero-order chi connectivity index (χ0) is 24.1. The van der Waals surface area contributed by atoms with E-state index in [4.69, 9.17) is 27.9 Å². The van der Waals surface area contributed by atoms with E-state index < -0.39 is 0 Å². The van der Waals surface area contributed by atoms with Gasteiger partial charge in [-0.05, 0) is 74.8 Å². The van der Waals surface area contributed by atoms with E-state index in [0.29, 0.717) is 33.8 Å². The maximum Gasteiger partial charge on any atom is 0.271 e. The molecule has 34 heavy (non-hydrogen) atoms. The fraction of sp³-hybridized carbons (Fsp3) is 0.320. The number of hydrogen-bond donors (Lipinski definition) is 0. The number of likely N-dealkylation sites (tertiary alicyclic amines) is 1. The average Bonchev–Trinajstić information content (AvgIpc) is 2.85. The van der Waals surface area contributed by atoms with Crippen LogP contribution in [0.3, 0.4) is 0 Å². The second-order valence-corrected chi connectivity index (χ2v) is 9.02. The molecule has 0 saturated carbocycles. The lowest BCUT2D eigenvalue weighted by atomic mass is 9.89. The summed E-state index contributed by atoms with van der Waals surface area (Å²) in [6.07, 6.45) is 2.35. The van der Waals surface area contributed by atoms with Gasteiger partial charge in [-0.2, -0.15) is 4.68 Å². The topological polar surface area (TPSA) is 64.4 Å². The molecule has 1 saturated heterocycles. The highest BCUT2D eigenvalue weighted by Crippen LogP contribution is 2.24. The number of benzene rings is 2. The Labute approximate surface area is 206 Å². The van der Waals surface area contributed by atoms with Crippen molar-refractivity contribution in [1.82, 2.24) is 14.7 Å². The number of carbonyl (C=O) groups excluding carboxylic acids is 1. The van der Waals surface area contributed by atoms with Crippen LogP contribution in [-0.4, -0.2) is 46.7 Å². The normalized spacial score (nSPS) is 14.8. The summed E-state index contributed by atoms with van der Waals surface area (Å²) in [5.74, 6) is 0.0713. The van der Waals surface area contributed by atoms with Crippen LogP contribution in [0.25, 0.3) is 5.69 Å². The second kappa shape index (κ2) is 11.1. The Morgan fingerprint density at radius 3 is 2.47 bits per heavy atom. The number of rotatable bonds is 8. The van der Waals surface area contributed by atoms with Gasteiger partial charge < -0.3 is 9.64 Å². The fourth-order valence-electron chi connectivity index (χ4n) is 4.01. The number of ketones is 1. The molecule has 2 heterocycles. The monoisotopic (exact) mass is 503 g/mol. The van der Waals surface area contributed by atoms with Crippen LogP contribution in [-0.2, 0) is 0 Å². The van der Waals surface area contributed by atoms with Gasteiger partial charge in [-0.25, -0.2) is 4.39 Å². The molecule has 0 atom stereocenters. The van der Waals surface area contributed by atoms with Crippen molar-refractivity contribution in [3.05, 3.63) is 86.4 Å². The Morgan fingerprint density at radius 1 is 1.03 bits per heavy atom. The first-order valence-corrected chi connectivity index (χ1v) is 11.9. The van der Waals surface area contributed by atoms with Crippen molar-refractivity contribution < 1.29 is 13.9 Å². The van der Waals surface area contributed by atoms with Crippen molar-refractivity contribution in [3.63, 3.8) is 0 Å². The van der Waals surface area contributed by atoms with Crippen molar-refractivity contribution in [1.29, 1.82) is 0 Å². The molecule has 4 rings (SSSR count). The number of nitrogens with zero attached hydrogens (tertiary/aromatic N) is 3. The highest BCUT2D eigenvalue weighted by atomic mass is 35.5. The number of Topliss-reactive ketones (excluding diaryl/α,β-unsaturated/α-hetero) is 1. The molecule has 1 aliphatic rings. The molecule has 0 spiro atoms. The van der Waals surface area contributed by atoms with Gasteiger partial charge in [-0.1, -0.05) is 23.2 Å². The number of hydrogen-bond acceptors (Lipinski definition) is 5. The summed E-state index contributed by atoms with van der Waals surface area (Å²) in [5.41, 5.74) is 0.773. The second-order valence-electron chi connectivity index (χ2n) is 8.21. The molecule has 0 amide bonds. The van der Waals surface area contributed by atoms with E-state index >= 15 is 0 Å². The molecule has 2 aromatic carbocycles. The maximum absolute atomic E-state index is 13.1. The smallest absolute Gasteiger partial charge is 0.271 e. The van der Waals surface area contributed by atoms with Crippen LogP contribution in [0.5, 0.6) is 5.88 Å². The Balaban J connectivity index is 1.24. The zero-order valence-corrected chi connectivity index (χ0v) is 19.9. The number of piperidine rings is 1. The molecule has 1 fully saturated rings. The SMILES string of the molecule is O=C(c1ccc(F)cc1)C1CCN(CCCOc2ccc(=O)n(-c3ccc(Cl)c(Cl)c3)n2)CC1. The number of ether oxygens (including phenoxy) is 1. The minimum absolute atomic E-state index is 0.0235. The summed E-state index contributed by atoms with van der Waals surface area (Å²) in [6.45, 7) is 2.95. The first-order chi connectivity index (χ1) is 16.4. The van der Waals surface area contributed by atoms with Gasteiger partial charge in [0, 0.05) is 30.2 Å². The van der Waals surface area contributed by atoms with Gasteiger partial charge in [0.2, 0.25) is 5.88 Å². The molecule has 1 aromatic heterocycles. The van der Waals surface area contributed by atoms with Crippen molar-refractivity contribution in [2.45, 2.75) is 19.3 Å². The Kier molecular flexibility index (Phi) is 7.98. The standard InChI is InChI=1S/C25H24Cl2FN3O3/c26-21-7-6-20(16-22(21)27)31-24(32)9-8-23(29-31)34-15-1-12-30-13-10-18(11-14-30)25(33)17-2-4-19(28)5-3-17/h2-9,16,18H,1,10-15H2. The van der Waals surface area contributed by atoms with Gasteiger partial charge in [0.05, 0.1) is 22.3 Å². The van der Waals surface area contributed by atoms with E-state index in [0.717, 1.165) is 38.9 Å². The number of halogens is 3. The third kappa shape index (κ3) is 6.03. The summed E-state index contributed by atoms with van der Waals surface area (Å²) in [5, 5.41) is 5.00. The van der Waals surface area contributed by atoms with E-state index in [9.17, 15) is 14.0 Å². The third-order valence-electron chi connectivity index (χ3n) is 5.88. The molecule has 0 unspecified atom stereocenters. The maximum atomic E-state index is 13.1. The van der Waals surface area contributed by atoms with E-state index in [1.54, 1.807) is 36.4 Å². The molecule has 178 valence electrons. The van der Waals surface area contributed by atoms with Crippen molar-refractivity contribution in [2.24, 2.45) is 5.92 Å². The summed E-state index contributed by atoms with van der Waals surface area (Å²) >= 11 is 12.0. The Morgan fingerprint density at radius 2 is 1.76 bits per heavy atom. The lowest BCUT2D eigenvalue weighted by Gasteiger charge is -2.31. The molecule has 0 aliphatic carbocycles. The van der Waals surface area contributed by atoms with Crippen LogP contribution >= 0.6 is 23.2 Å². The fourth-order valence-corrected chi connectivity index (χ4v) is 4.30. The lowest BCUT2D eigenvalue weighted by Crippen LogP contribution is -2.37. The minimum atomic E-state index is -0.336. The minimum Gasteiger partial charge on any atom is -0.477 e. The number of carbonyl (C=O) groups is 1. The zero-order valence-electron chi connectivity index (χ0n) is 18.4. The van der Waals surface area contributed by atoms with Gasteiger partial charge in [-0.3, -0.25) is 9.59 Å². The van der Waals surface area contributed by atoms with Crippen LogP contribution in [0.4, 0.5) is 4.39 Å². The predicted octanol–water partition coefficient (Wildman–Crippen LogP) is 5.04. The molecule has 0 bridgehead atoms. The molecule has 3 aromatic rings. The third-order valence-corrected chi connectivity index (χ3v) is 6.62. The Hall–Kier alpha value is -2.74. The van der Waals surface area contributed by atoms with E-state index in [1.807, 2.05) is 0 Å². The molecular formula is C25H24Cl2FN3O3. The Bertz CT molecular complexity index is 1210. The van der Waals surface area contributed by atoms with Crippen molar-refractivity contribution >= 4 is 29.0 Å². The first-order valence-electron chi connectivity index (χ1n) is 11.1. The molecule has 9 heteroatoms. The van der Waals surface area contributed by atoms with Crippen molar-refractivity contribution in [3.8, 4) is 11.6 Å². The molecule has 0 N–H and O–H groups in total. The number of aromatic nitrogens is 2. The van der Waals surface area contributed by atoms with Crippen LogP contribution in [0, 0.1) is 11.7 Å². The molecular weight excluding hydrogens is 480 g/mol. The summed E-state index contributed by atoms with van der Waals surface area (Å²) in [6, 6.07) is 13.6. The highest BCUT2D eigenvalue weighted by molar-refractivity contribution is 6.42. The summed E-state index contributed by atoms with van der Waals surface area (Å²) < 4.78 is 20.1. The van der Waals surface area contributed by atoms with Crippen LogP contribution < -0.4 is 10.3 Å². The van der Waals surface area contributed by atoms with Gasteiger partial charge >= 0.3 is 0 Å². The van der Waals surface area contributed by atoms with Gasteiger partial charge in [0.1, 0.15) is 5.82 Å². The van der Waals surface area contributed by atoms with Crippen molar-refractivity contribution in [2.75, 3.05) is 26.2 Å². The van der Waals surface area contributed by atoms with Crippen LogP contribution in [0.2, 0.25) is 10.0 Å². The first kappa shape index (κ1) is 24.4. The van der Waals surface area contributed by atoms with Crippen LogP contribution in [0.1, 0.15) is 29.6 Å². The predicted molar refractivity (Wildman–Crippen MR) is 130 cm³/mol. The van der Waals surface area contributed by atoms with Gasteiger partial charge in [-0.15, -0.1) is 5.10 Å². The average molecular weight is 504 g/mol. The van der Waals surface area contributed by atoms with E-state index in [2.05, 4.69) is 10.00 Å². The lowest BCUT2D eigenvalue weighted by molar-refractivity contribution is 0.0835. The molecule has 6 nitrogen and oxygen atoms in total.